The average molecular weight is 377 g/mol. The summed E-state index contributed by atoms with van der Waals surface area (Å²) in [6.45, 7) is 0.572. The van der Waals surface area contributed by atoms with Gasteiger partial charge in [-0.2, -0.15) is 0 Å². The summed E-state index contributed by atoms with van der Waals surface area (Å²) >= 11 is 1.66. The molecule has 0 radical (unpaired) electrons. The molecular weight excluding hydrogens is 358 g/mol. The molecule has 0 fully saturated rings. The Hall–Kier alpha value is -3.12. The van der Waals surface area contributed by atoms with E-state index in [1.54, 1.807) is 31.9 Å². The number of fused-ring (bicyclic) bond motifs is 1. The highest BCUT2D eigenvalue weighted by molar-refractivity contribution is 7.21. The maximum absolute atomic E-state index is 5.51. The van der Waals surface area contributed by atoms with Crippen molar-refractivity contribution in [2.45, 2.75) is 6.54 Å². The largest absolute Gasteiger partial charge is 0.493 e. The molecule has 2 aromatic carbocycles. The zero-order valence-corrected chi connectivity index (χ0v) is 15.9. The van der Waals surface area contributed by atoms with Crippen molar-refractivity contribution in [2.75, 3.05) is 19.5 Å². The van der Waals surface area contributed by atoms with Crippen LogP contribution in [0.15, 0.2) is 60.9 Å². The van der Waals surface area contributed by atoms with Crippen molar-refractivity contribution in [2.24, 2.45) is 0 Å². The third kappa shape index (κ3) is 3.44. The van der Waals surface area contributed by atoms with E-state index in [1.807, 2.05) is 36.4 Å². The summed E-state index contributed by atoms with van der Waals surface area (Å²) in [5.41, 5.74) is 2.18. The lowest BCUT2D eigenvalue weighted by Crippen LogP contribution is -2.04. The van der Waals surface area contributed by atoms with Crippen LogP contribution < -0.4 is 14.8 Å². The Balaban J connectivity index is 1.64. The molecule has 0 aliphatic heterocycles. The molecular formula is C21H19N3O2S. The van der Waals surface area contributed by atoms with Gasteiger partial charge in [0.25, 0.3) is 0 Å². The van der Waals surface area contributed by atoms with Crippen LogP contribution in [0.25, 0.3) is 20.7 Å². The van der Waals surface area contributed by atoms with Crippen LogP contribution in [-0.4, -0.2) is 24.2 Å². The zero-order valence-electron chi connectivity index (χ0n) is 15.1. The number of anilines is 1. The van der Waals surface area contributed by atoms with Crippen LogP contribution in [0.2, 0.25) is 0 Å². The fourth-order valence-electron chi connectivity index (χ4n) is 3.01. The van der Waals surface area contributed by atoms with Crippen molar-refractivity contribution in [1.29, 1.82) is 0 Å². The number of benzene rings is 2. The van der Waals surface area contributed by atoms with Gasteiger partial charge in [0.05, 0.1) is 19.6 Å². The highest BCUT2D eigenvalue weighted by atomic mass is 32.1. The number of ether oxygens (including phenoxy) is 2. The maximum Gasteiger partial charge on any atom is 0.165 e. The fraction of sp³-hybridized carbons (Fsp3) is 0.143. The molecule has 0 aliphatic rings. The molecule has 2 heterocycles. The van der Waals surface area contributed by atoms with E-state index in [-0.39, 0.29) is 0 Å². The van der Waals surface area contributed by atoms with Crippen LogP contribution in [0.4, 0.5) is 5.82 Å². The predicted molar refractivity (Wildman–Crippen MR) is 110 cm³/mol. The van der Waals surface area contributed by atoms with E-state index in [9.17, 15) is 0 Å². The van der Waals surface area contributed by atoms with Gasteiger partial charge in [0.15, 0.2) is 11.5 Å². The zero-order chi connectivity index (χ0) is 18.6. The van der Waals surface area contributed by atoms with Crippen LogP contribution in [0.3, 0.4) is 0 Å². The summed E-state index contributed by atoms with van der Waals surface area (Å²) in [5, 5.41) is 4.43. The quantitative estimate of drug-likeness (QED) is 0.513. The Morgan fingerprint density at radius 2 is 1.81 bits per heavy atom. The van der Waals surface area contributed by atoms with Crippen LogP contribution >= 0.6 is 11.3 Å². The SMILES string of the molecule is COc1cccc(CNc2ncnc3sc(-c4ccccc4)cc23)c1OC. The Kier molecular flexibility index (Phi) is 4.89. The summed E-state index contributed by atoms with van der Waals surface area (Å²) in [7, 11) is 3.29. The van der Waals surface area contributed by atoms with Gasteiger partial charge in [-0.3, -0.25) is 0 Å². The molecule has 0 saturated heterocycles. The smallest absolute Gasteiger partial charge is 0.165 e. The molecule has 0 aliphatic carbocycles. The van der Waals surface area contributed by atoms with Gasteiger partial charge in [-0.15, -0.1) is 11.3 Å². The first-order valence-corrected chi connectivity index (χ1v) is 9.35. The number of nitrogens with zero attached hydrogens (tertiary/aromatic N) is 2. The molecule has 0 unspecified atom stereocenters. The third-order valence-electron chi connectivity index (χ3n) is 4.32. The lowest BCUT2D eigenvalue weighted by molar-refractivity contribution is 0.352. The number of para-hydroxylation sites is 1. The predicted octanol–water partition coefficient (Wildman–Crippen LogP) is 4.99. The first-order chi connectivity index (χ1) is 13.3. The van der Waals surface area contributed by atoms with Crippen molar-refractivity contribution in [3.8, 4) is 21.9 Å². The highest BCUT2D eigenvalue weighted by Gasteiger charge is 2.12. The molecule has 2 aromatic heterocycles. The second-order valence-electron chi connectivity index (χ2n) is 5.92. The molecule has 4 rings (SSSR count). The van der Waals surface area contributed by atoms with Crippen LogP contribution in [0.5, 0.6) is 11.5 Å². The Morgan fingerprint density at radius 3 is 2.59 bits per heavy atom. The summed E-state index contributed by atoms with van der Waals surface area (Å²) in [6, 6.07) is 18.3. The molecule has 4 aromatic rings. The van der Waals surface area contributed by atoms with Gasteiger partial charge in [-0.1, -0.05) is 42.5 Å². The highest BCUT2D eigenvalue weighted by Crippen LogP contribution is 2.36. The Morgan fingerprint density at radius 1 is 0.963 bits per heavy atom. The van der Waals surface area contributed by atoms with Gasteiger partial charge in [-0.05, 0) is 17.7 Å². The number of rotatable bonds is 6. The van der Waals surface area contributed by atoms with Crippen LogP contribution in [0.1, 0.15) is 5.56 Å². The number of hydrogen-bond acceptors (Lipinski definition) is 6. The molecule has 136 valence electrons. The number of thiophene rings is 1. The minimum Gasteiger partial charge on any atom is -0.493 e. The van der Waals surface area contributed by atoms with Crippen LogP contribution in [0, 0.1) is 0 Å². The second kappa shape index (κ2) is 7.63. The number of nitrogens with one attached hydrogen (secondary N) is 1. The van der Waals surface area contributed by atoms with Crippen molar-refractivity contribution in [1.82, 2.24) is 9.97 Å². The third-order valence-corrected chi connectivity index (χ3v) is 5.41. The summed E-state index contributed by atoms with van der Waals surface area (Å²) < 4.78 is 10.9. The van der Waals surface area contributed by atoms with E-state index in [2.05, 4.69) is 33.5 Å². The van der Waals surface area contributed by atoms with E-state index in [0.717, 1.165) is 27.3 Å². The number of methoxy groups -OCH3 is 2. The lowest BCUT2D eigenvalue weighted by atomic mass is 10.1. The minimum absolute atomic E-state index is 0.572. The first kappa shape index (κ1) is 17.3. The average Bonchev–Trinajstić information content (AvgIpc) is 3.17. The molecule has 27 heavy (non-hydrogen) atoms. The normalized spacial score (nSPS) is 10.7. The molecule has 0 amide bonds. The molecule has 0 spiro atoms. The monoisotopic (exact) mass is 377 g/mol. The van der Waals surface area contributed by atoms with E-state index in [1.165, 1.54) is 10.4 Å². The van der Waals surface area contributed by atoms with Crippen LogP contribution in [-0.2, 0) is 6.54 Å². The molecule has 0 bridgehead atoms. The van der Waals surface area contributed by atoms with Gasteiger partial charge >= 0.3 is 0 Å². The van der Waals surface area contributed by atoms with Crippen molar-refractivity contribution in [3.63, 3.8) is 0 Å². The Bertz CT molecular complexity index is 1060. The number of aromatic nitrogens is 2. The van der Waals surface area contributed by atoms with Crippen molar-refractivity contribution >= 4 is 27.4 Å². The fourth-order valence-corrected chi connectivity index (χ4v) is 4.02. The topological polar surface area (TPSA) is 56.3 Å². The van der Waals surface area contributed by atoms with Crippen molar-refractivity contribution < 1.29 is 9.47 Å². The molecule has 0 saturated carbocycles. The molecule has 5 nitrogen and oxygen atoms in total. The van der Waals surface area contributed by atoms with E-state index in [4.69, 9.17) is 9.47 Å². The summed E-state index contributed by atoms with van der Waals surface area (Å²) in [4.78, 5) is 11.0. The minimum atomic E-state index is 0.572. The standard InChI is InChI=1S/C21H19N3O2S/c1-25-17-10-6-9-15(19(17)26-2)12-22-20-16-11-18(14-7-4-3-5-8-14)27-21(16)24-13-23-20/h3-11,13H,12H2,1-2H3,(H,22,23,24). The van der Waals surface area contributed by atoms with Gasteiger partial charge < -0.3 is 14.8 Å². The van der Waals surface area contributed by atoms with Gasteiger partial charge in [0.2, 0.25) is 0 Å². The summed E-state index contributed by atoms with van der Waals surface area (Å²) in [5.74, 6) is 2.25. The Labute approximate surface area is 161 Å². The van der Waals surface area contributed by atoms with Crippen molar-refractivity contribution in [3.05, 3.63) is 66.5 Å². The molecule has 0 atom stereocenters. The van der Waals surface area contributed by atoms with E-state index < -0.39 is 0 Å². The van der Waals surface area contributed by atoms with Gasteiger partial charge in [0, 0.05) is 17.0 Å². The first-order valence-electron chi connectivity index (χ1n) is 8.54. The van der Waals surface area contributed by atoms with Gasteiger partial charge in [-0.25, -0.2) is 9.97 Å². The van der Waals surface area contributed by atoms with Gasteiger partial charge in [0.1, 0.15) is 17.0 Å². The van der Waals surface area contributed by atoms with E-state index >= 15 is 0 Å². The molecule has 6 heteroatoms. The lowest BCUT2D eigenvalue weighted by Gasteiger charge is -2.13. The maximum atomic E-state index is 5.51. The second-order valence-corrected chi connectivity index (χ2v) is 6.95. The summed E-state index contributed by atoms with van der Waals surface area (Å²) in [6.07, 6.45) is 1.60. The number of hydrogen-bond donors (Lipinski definition) is 1. The van der Waals surface area contributed by atoms with E-state index in [0.29, 0.717) is 12.3 Å². The molecule has 1 N–H and O–H groups in total.